The molecule has 0 aliphatic heterocycles. The first-order valence-electron chi connectivity index (χ1n) is 6.93. The Morgan fingerprint density at radius 3 is 2.65 bits per heavy atom. The molecule has 20 heavy (non-hydrogen) atoms. The summed E-state index contributed by atoms with van der Waals surface area (Å²) in [6.07, 6.45) is 0.531. The summed E-state index contributed by atoms with van der Waals surface area (Å²) >= 11 is 3.52. The number of amides is 1. The van der Waals surface area contributed by atoms with E-state index >= 15 is 0 Å². The highest BCUT2D eigenvalue weighted by molar-refractivity contribution is 9.10. The first kappa shape index (κ1) is 17.0. The Balaban J connectivity index is 2.39. The van der Waals surface area contributed by atoms with Gasteiger partial charge in [-0.25, -0.2) is 0 Å². The highest BCUT2D eigenvalue weighted by Crippen LogP contribution is 2.22. The molecule has 5 heteroatoms. The topological polar surface area (TPSA) is 41.6 Å². The number of nitrogens with zero attached hydrogens (tertiary/aromatic N) is 1. The lowest BCUT2D eigenvalue weighted by molar-refractivity contribution is -0.130. The number of carbonyl (C=O) groups excluding carboxylic acids is 1. The fourth-order valence-corrected chi connectivity index (χ4v) is 2.35. The van der Waals surface area contributed by atoms with Gasteiger partial charge >= 0.3 is 0 Å². The number of benzene rings is 1. The van der Waals surface area contributed by atoms with Gasteiger partial charge in [0.25, 0.3) is 0 Å². The van der Waals surface area contributed by atoms with Crippen LogP contribution >= 0.6 is 15.9 Å². The quantitative estimate of drug-likeness (QED) is 0.738. The van der Waals surface area contributed by atoms with Gasteiger partial charge in [0.1, 0.15) is 5.75 Å². The molecule has 0 aliphatic carbocycles. The summed E-state index contributed by atoms with van der Waals surface area (Å²) in [4.78, 5) is 13.7. The lowest BCUT2D eigenvalue weighted by Crippen LogP contribution is -2.32. The maximum Gasteiger partial charge on any atom is 0.223 e. The Bertz CT molecular complexity index is 434. The molecule has 0 radical (unpaired) electrons. The zero-order valence-corrected chi connectivity index (χ0v) is 14.0. The highest BCUT2D eigenvalue weighted by Gasteiger charge is 2.08. The number of nitrogens with one attached hydrogen (secondary N) is 1. The van der Waals surface area contributed by atoms with E-state index in [-0.39, 0.29) is 5.91 Å². The predicted molar refractivity (Wildman–Crippen MR) is 84.9 cm³/mol. The molecule has 0 saturated carbocycles. The molecule has 4 nitrogen and oxygen atoms in total. The van der Waals surface area contributed by atoms with Gasteiger partial charge < -0.3 is 15.0 Å². The Labute approximate surface area is 129 Å². The zero-order chi connectivity index (χ0) is 15.0. The molecule has 0 unspecified atom stereocenters. The fraction of sp³-hybridized carbons (Fsp3) is 0.533. The monoisotopic (exact) mass is 342 g/mol. The van der Waals surface area contributed by atoms with Crippen LogP contribution in [-0.2, 0) is 11.3 Å². The summed E-state index contributed by atoms with van der Waals surface area (Å²) in [5, 5.41) is 3.29. The number of methoxy groups -OCH3 is 1. The van der Waals surface area contributed by atoms with Gasteiger partial charge in [-0.15, -0.1) is 0 Å². The third-order valence-corrected chi connectivity index (χ3v) is 3.97. The molecule has 1 aromatic carbocycles. The molecule has 1 N–H and O–H groups in total. The van der Waals surface area contributed by atoms with E-state index in [0.29, 0.717) is 19.5 Å². The van der Waals surface area contributed by atoms with Crippen LogP contribution in [0.15, 0.2) is 22.7 Å². The van der Waals surface area contributed by atoms with Crippen LogP contribution in [-0.4, -0.2) is 37.6 Å². The molecule has 0 saturated heterocycles. The van der Waals surface area contributed by atoms with Gasteiger partial charge in [-0.3, -0.25) is 4.79 Å². The van der Waals surface area contributed by atoms with E-state index in [0.717, 1.165) is 28.9 Å². The maximum atomic E-state index is 11.8. The first-order valence-corrected chi connectivity index (χ1v) is 7.72. The van der Waals surface area contributed by atoms with Crippen molar-refractivity contribution in [2.24, 2.45) is 0 Å². The number of hydrogen-bond acceptors (Lipinski definition) is 3. The molecule has 0 heterocycles. The van der Waals surface area contributed by atoms with Crippen LogP contribution in [0.25, 0.3) is 0 Å². The molecule has 0 bridgehead atoms. The lowest BCUT2D eigenvalue weighted by Gasteiger charge is -2.18. The van der Waals surface area contributed by atoms with E-state index in [1.165, 1.54) is 0 Å². The van der Waals surface area contributed by atoms with Crippen LogP contribution in [0.3, 0.4) is 0 Å². The van der Waals surface area contributed by atoms with E-state index in [4.69, 9.17) is 4.74 Å². The van der Waals surface area contributed by atoms with Gasteiger partial charge in [0.2, 0.25) is 5.91 Å². The Morgan fingerprint density at radius 2 is 2.05 bits per heavy atom. The van der Waals surface area contributed by atoms with Crippen LogP contribution in [0.2, 0.25) is 0 Å². The summed E-state index contributed by atoms with van der Waals surface area (Å²) in [6, 6.07) is 5.87. The van der Waals surface area contributed by atoms with Crippen LogP contribution in [0.4, 0.5) is 0 Å². The van der Waals surface area contributed by atoms with Crippen molar-refractivity contribution in [2.75, 3.05) is 26.7 Å². The van der Waals surface area contributed by atoms with Crippen LogP contribution in [0.1, 0.15) is 25.8 Å². The van der Waals surface area contributed by atoms with Crippen molar-refractivity contribution < 1.29 is 9.53 Å². The standard InChI is InChI=1S/C15H23BrN2O2/c1-4-18(5-2)15(19)8-9-17-11-12-10-13(20-3)6-7-14(12)16/h6-7,10,17H,4-5,8-9,11H2,1-3H3. The number of ether oxygens (including phenoxy) is 1. The highest BCUT2D eigenvalue weighted by atomic mass is 79.9. The molecule has 1 rings (SSSR count). The van der Waals surface area contributed by atoms with Crippen molar-refractivity contribution in [1.82, 2.24) is 10.2 Å². The van der Waals surface area contributed by atoms with Crippen molar-refractivity contribution in [1.29, 1.82) is 0 Å². The molecule has 0 fully saturated rings. The molecule has 0 atom stereocenters. The minimum atomic E-state index is 0.201. The first-order chi connectivity index (χ1) is 9.62. The van der Waals surface area contributed by atoms with Gasteiger partial charge in [0.05, 0.1) is 7.11 Å². The second kappa shape index (κ2) is 8.97. The van der Waals surface area contributed by atoms with Crippen LogP contribution < -0.4 is 10.1 Å². The normalized spacial score (nSPS) is 10.4. The van der Waals surface area contributed by atoms with Gasteiger partial charge in [0, 0.05) is 37.1 Å². The molecule has 0 spiro atoms. The SMILES string of the molecule is CCN(CC)C(=O)CCNCc1cc(OC)ccc1Br. The second-order valence-corrected chi connectivity index (χ2v) is 5.30. The third-order valence-electron chi connectivity index (χ3n) is 3.20. The minimum Gasteiger partial charge on any atom is -0.497 e. The van der Waals surface area contributed by atoms with Gasteiger partial charge in [0.15, 0.2) is 0 Å². The van der Waals surface area contributed by atoms with Crippen LogP contribution in [0.5, 0.6) is 5.75 Å². The molecular formula is C15H23BrN2O2. The summed E-state index contributed by atoms with van der Waals surface area (Å²) in [6.45, 7) is 6.94. The lowest BCUT2D eigenvalue weighted by atomic mass is 10.2. The molecule has 112 valence electrons. The van der Waals surface area contributed by atoms with Gasteiger partial charge in [-0.1, -0.05) is 15.9 Å². The van der Waals surface area contributed by atoms with E-state index in [2.05, 4.69) is 21.2 Å². The van der Waals surface area contributed by atoms with Crippen molar-refractivity contribution >= 4 is 21.8 Å². The summed E-state index contributed by atoms with van der Waals surface area (Å²) in [5.41, 5.74) is 1.12. The molecule has 1 amide bonds. The smallest absolute Gasteiger partial charge is 0.223 e. The van der Waals surface area contributed by atoms with Crippen LogP contribution in [0, 0.1) is 0 Å². The van der Waals surface area contributed by atoms with E-state index in [1.54, 1.807) is 7.11 Å². The largest absolute Gasteiger partial charge is 0.497 e. The van der Waals surface area contributed by atoms with Crippen molar-refractivity contribution in [3.8, 4) is 5.75 Å². The summed E-state index contributed by atoms with van der Waals surface area (Å²) in [5.74, 6) is 1.04. The molecule has 0 aromatic heterocycles. The van der Waals surface area contributed by atoms with Gasteiger partial charge in [-0.05, 0) is 37.6 Å². The number of carbonyl (C=O) groups is 1. The number of rotatable bonds is 8. The van der Waals surface area contributed by atoms with Gasteiger partial charge in [-0.2, -0.15) is 0 Å². The second-order valence-electron chi connectivity index (χ2n) is 4.45. The average Bonchev–Trinajstić information content (AvgIpc) is 2.46. The minimum absolute atomic E-state index is 0.201. The summed E-state index contributed by atoms with van der Waals surface area (Å²) in [7, 11) is 1.66. The predicted octanol–water partition coefficient (Wildman–Crippen LogP) is 2.81. The van der Waals surface area contributed by atoms with E-state index < -0.39 is 0 Å². The molecule has 1 aromatic rings. The average molecular weight is 343 g/mol. The van der Waals surface area contributed by atoms with E-state index in [1.807, 2.05) is 36.9 Å². The number of halogens is 1. The third kappa shape index (κ3) is 5.13. The molecule has 0 aliphatic rings. The van der Waals surface area contributed by atoms with Crippen molar-refractivity contribution in [2.45, 2.75) is 26.8 Å². The Morgan fingerprint density at radius 1 is 1.35 bits per heavy atom. The number of hydrogen-bond donors (Lipinski definition) is 1. The Kier molecular flexibility index (Phi) is 7.62. The zero-order valence-electron chi connectivity index (χ0n) is 12.4. The Hall–Kier alpha value is -1.07. The maximum absolute atomic E-state index is 11.8. The van der Waals surface area contributed by atoms with E-state index in [9.17, 15) is 4.79 Å². The van der Waals surface area contributed by atoms with Crippen molar-refractivity contribution in [3.63, 3.8) is 0 Å². The van der Waals surface area contributed by atoms with Crippen molar-refractivity contribution in [3.05, 3.63) is 28.2 Å². The fourth-order valence-electron chi connectivity index (χ4n) is 1.97. The molecular weight excluding hydrogens is 320 g/mol. The summed E-state index contributed by atoms with van der Waals surface area (Å²) < 4.78 is 6.25.